The molecule has 2 aromatic heterocycles. The minimum Gasteiger partial charge on any atom is -0.341 e. The Morgan fingerprint density at radius 2 is 1.50 bits per heavy atom. The van der Waals surface area contributed by atoms with Crippen LogP contribution in [0, 0.1) is 17.8 Å². The van der Waals surface area contributed by atoms with Crippen molar-refractivity contribution in [2.24, 2.45) is 5.92 Å². The van der Waals surface area contributed by atoms with Gasteiger partial charge in [-0.25, -0.2) is 18.4 Å². The number of sulfonamides is 1. The number of amides is 1. The van der Waals surface area contributed by atoms with Gasteiger partial charge in [-0.3, -0.25) is 4.79 Å². The van der Waals surface area contributed by atoms with Gasteiger partial charge in [0.2, 0.25) is 15.9 Å². The number of nitrogens with zero attached hydrogens (tertiary/aromatic N) is 4. The van der Waals surface area contributed by atoms with E-state index in [1.165, 1.54) is 0 Å². The van der Waals surface area contributed by atoms with Crippen molar-refractivity contribution in [2.45, 2.75) is 49.9 Å². The van der Waals surface area contributed by atoms with E-state index >= 15 is 0 Å². The third kappa shape index (κ3) is 7.49. The molecule has 0 radical (unpaired) electrons. The van der Waals surface area contributed by atoms with Gasteiger partial charge in [0.1, 0.15) is 17.9 Å². The van der Waals surface area contributed by atoms with E-state index in [0.29, 0.717) is 25.3 Å². The van der Waals surface area contributed by atoms with Crippen molar-refractivity contribution in [2.75, 3.05) is 13.1 Å². The van der Waals surface area contributed by atoms with Crippen LogP contribution >= 0.6 is 0 Å². The fourth-order valence-corrected chi connectivity index (χ4v) is 9.38. The van der Waals surface area contributed by atoms with Crippen LogP contribution in [-0.4, -0.2) is 62.8 Å². The van der Waals surface area contributed by atoms with Gasteiger partial charge < -0.3 is 19.7 Å². The van der Waals surface area contributed by atoms with Crippen LogP contribution in [0.4, 0.5) is 0 Å². The topological polar surface area (TPSA) is 132 Å². The summed E-state index contributed by atoms with van der Waals surface area (Å²) in [5.41, 5.74) is 6.79. The summed E-state index contributed by atoms with van der Waals surface area (Å²) in [6.45, 7) is 1.08. The first-order valence-corrected chi connectivity index (χ1v) is 20.0. The van der Waals surface area contributed by atoms with E-state index in [1.54, 1.807) is 15.4 Å². The Labute approximate surface area is 314 Å². The summed E-state index contributed by atoms with van der Waals surface area (Å²) in [6.07, 6.45) is 6.04. The number of rotatable bonds is 10. The summed E-state index contributed by atoms with van der Waals surface area (Å²) in [5.74, 6) is 6.96. The lowest BCUT2D eigenvalue weighted by Crippen LogP contribution is -2.37. The molecule has 4 aromatic carbocycles. The smallest absolute Gasteiger partial charge is 0.233 e. The number of hydrogen-bond donors (Lipinski definition) is 2. The Balaban J connectivity index is 0.930. The summed E-state index contributed by atoms with van der Waals surface area (Å²) < 4.78 is 28.3. The van der Waals surface area contributed by atoms with Gasteiger partial charge in [-0.2, -0.15) is 4.31 Å². The summed E-state index contributed by atoms with van der Waals surface area (Å²) in [6, 6.07) is 32.1. The number of fused-ring (bicyclic) bond motifs is 1. The van der Waals surface area contributed by atoms with E-state index in [4.69, 9.17) is 4.98 Å². The molecular weight excluding hydrogens is 697 g/mol. The number of aromatic amines is 2. The first kappa shape index (κ1) is 35.2. The zero-order valence-electron chi connectivity index (χ0n) is 29.7. The number of benzene rings is 4. The highest BCUT2D eigenvalue weighted by Crippen LogP contribution is 2.35. The van der Waals surface area contributed by atoms with E-state index in [9.17, 15) is 18.0 Å². The molecule has 2 aliphatic heterocycles. The van der Waals surface area contributed by atoms with Gasteiger partial charge in [0.25, 0.3) is 0 Å². The average molecular weight is 737 g/mol. The van der Waals surface area contributed by atoms with Crippen LogP contribution in [0.25, 0.3) is 22.3 Å². The summed E-state index contributed by atoms with van der Waals surface area (Å²) in [5, 5.41) is 0. The quantitative estimate of drug-likeness (QED) is 0.0910. The highest BCUT2D eigenvalue weighted by Gasteiger charge is 2.37. The van der Waals surface area contributed by atoms with Gasteiger partial charge in [0.05, 0.1) is 46.7 Å². The second-order valence-electron chi connectivity index (χ2n) is 14.0. The minimum absolute atomic E-state index is 0.0295. The number of aromatic nitrogens is 4. The molecule has 54 heavy (non-hydrogen) atoms. The van der Waals surface area contributed by atoms with Crippen LogP contribution in [0.3, 0.4) is 0 Å². The number of aldehydes is 1. The zero-order valence-corrected chi connectivity index (χ0v) is 30.5. The molecule has 3 atom stereocenters. The van der Waals surface area contributed by atoms with E-state index in [-0.39, 0.29) is 23.7 Å². The van der Waals surface area contributed by atoms with Crippen molar-refractivity contribution >= 4 is 33.3 Å². The van der Waals surface area contributed by atoms with Crippen molar-refractivity contribution < 1.29 is 18.0 Å². The predicted octanol–water partition coefficient (Wildman–Crippen LogP) is 6.74. The molecule has 1 amide bonds. The number of hydrogen-bond acceptors (Lipinski definition) is 6. The van der Waals surface area contributed by atoms with Crippen LogP contribution in [0.2, 0.25) is 0 Å². The molecule has 3 unspecified atom stereocenters. The molecule has 6 aromatic rings. The molecule has 4 heterocycles. The van der Waals surface area contributed by atoms with Crippen LogP contribution in [0.15, 0.2) is 109 Å². The lowest BCUT2D eigenvalue weighted by Gasteiger charge is -2.26. The number of carbonyl (C=O) groups is 2. The van der Waals surface area contributed by atoms with Crippen LogP contribution in [0.5, 0.6) is 0 Å². The predicted molar refractivity (Wildman–Crippen MR) is 207 cm³/mol. The maximum Gasteiger partial charge on any atom is 0.233 e. The van der Waals surface area contributed by atoms with Crippen molar-refractivity contribution in [3.8, 4) is 23.1 Å². The Bertz CT molecular complexity index is 2450. The summed E-state index contributed by atoms with van der Waals surface area (Å²) >= 11 is 0. The summed E-state index contributed by atoms with van der Waals surface area (Å²) in [7, 11) is -3.51. The maximum atomic E-state index is 13.5. The fraction of sp³-hybridized carbons (Fsp3) is 0.256. The highest BCUT2D eigenvalue weighted by atomic mass is 32.2. The molecule has 0 aliphatic carbocycles. The largest absolute Gasteiger partial charge is 0.341 e. The Morgan fingerprint density at radius 1 is 0.815 bits per heavy atom. The number of carbonyl (C=O) groups excluding carboxylic acids is 2. The fourth-order valence-electron chi connectivity index (χ4n) is 7.60. The van der Waals surface area contributed by atoms with Crippen LogP contribution in [0.1, 0.15) is 71.7 Å². The zero-order chi connectivity index (χ0) is 37.1. The minimum atomic E-state index is -3.51. The van der Waals surface area contributed by atoms with Gasteiger partial charge in [0.15, 0.2) is 0 Å². The third-order valence-electron chi connectivity index (χ3n) is 10.3. The van der Waals surface area contributed by atoms with Gasteiger partial charge in [-0.15, -0.1) is 0 Å². The van der Waals surface area contributed by atoms with Gasteiger partial charge in [-0.05, 0) is 79.1 Å². The Morgan fingerprint density at radius 3 is 2.26 bits per heavy atom. The van der Waals surface area contributed by atoms with Gasteiger partial charge >= 0.3 is 0 Å². The van der Waals surface area contributed by atoms with Crippen molar-refractivity contribution in [1.82, 2.24) is 29.1 Å². The number of nitrogens with one attached hydrogen (secondary N) is 2. The average Bonchev–Trinajstić information content (AvgIpc) is 4.03. The monoisotopic (exact) mass is 736 g/mol. The number of imidazole rings is 2. The summed E-state index contributed by atoms with van der Waals surface area (Å²) in [4.78, 5) is 43.6. The van der Waals surface area contributed by atoms with E-state index in [2.05, 4.69) is 26.8 Å². The molecule has 11 heteroatoms. The molecule has 272 valence electrons. The molecule has 10 nitrogen and oxygen atoms in total. The molecule has 2 fully saturated rings. The third-order valence-corrected chi connectivity index (χ3v) is 12.2. The van der Waals surface area contributed by atoms with E-state index in [0.717, 1.165) is 82.3 Å². The second-order valence-corrected chi connectivity index (χ2v) is 15.9. The molecule has 2 saturated heterocycles. The van der Waals surface area contributed by atoms with Crippen LogP contribution in [-0.2, 0) is 31.8 Å². The SMILES string of the molecule is O=CC(Cc1ccccc1)C(=O)N1CCCC1c1nc2ccc(C#Cc3ccc(-c4cnc(C5CCCN5S(=O)(=O)Cc5ccccc5)[nH]4)cc3)cc2[nH]1. The Hall–Kier alpha value is -5.83. The first-order chi connectivity index (χ1) is 26.3. The number of H-pyrrole nitrogens is 2. The normalized spacial score (nSPS) is 18.0. The van der Waals surface area contributed by atoms with Crippen molar-refractivity contribution in [3.05, 3.63) is 143 Å². The molecule has 0 spiro atoms. The molecule has 2 aliphatic rings. The molecule has 2 N–H and O–H groups in total. The number of likely N-dealkylation sites (tertiary alicyclic amines) is 1. The van der Waals surface area contributed by atoms with Crippen molar-refractivity contribution in [3.63, 3.8) is 0 Å². The Kier molecular flexibility index (Phi) is 9.95. The standard InChI is InChI=1S/C43H40N6O4S/c50-28-35(25-31-9-3-1-4-10-31)43(51)48-23-7-13-39(48)42-45-36-22-19-32(26-37(36)46-42)16-15-30-17-20-34(21-18-30)38-27-44-41(47-38)40-14-8-24-49(40)54(52,53)29-33-11-5-2-6-12-33/h1-6,9-12,17-22,26-28,35,39-40H,7-8,13-14,23-25,29H2,(H,44,47)(H,45,46). The van der Waals surface area contributed by atoms with Crippen molar-refractivity contribution in [1.29, 1.82) is 0 Å². The molecular formula is C43H40N6O4S. The van der Waals surface area contributed by atoms with E-state index < -0.39 is 15.9 Å². The molecule has 0 bridgehead atoms. The maximum absolute atomic E-state index is 13.5. The molecule has 0 saturated carbocycles. The second kappa shape index (κ2) is 15.3. The molecule has 8 rings (SSSR count). The lowest BCUT2D eigenvalue weighted by molar-refractivity contribution is -0.138. The highest BCUT2D eigenvalue weighted by molar-refractivity contribution is 7.88. The first-order valence-electron chi connectivity index (χ1n) is 18.3. The van der Waals surface area contributed by atoms with Gasteiger partial charge in [-0.1, -0.05) is 84.6 Å². The van der Waals surface area contributed by atoms with Crippen LogP contribution < -0.4 is 0 Å². The van der Waals surface area contributed by atoms with E-state index in [1.807, 2.05) is 103 Å². The van der Waals surface area contributed by atoms with Gasteiger partial charge in [0, 0.05) is 24.2 Å². The lowest BCUT2D eigenvalue weighted by atomic mass is 9.99.